The van der Waals surface area contributed by atoms with Gasteiger partial charge in [-0.1, -0.05) is 12.1 Å². The van der Waals surface area contributed by atoms with Gasteiger partial charge in [0.25, 0.3) is 0 Å². The van der Waals surface area contributed by atoms with Crippen molar-refractivity contribution >= 4 is 0 Å². The topological polar surface area (TPSA) is 44.5 Å². The van der Waals surface area contributed by atoms with Crippen molar-refractivity contribution in [1.82, 2.24) is 0 Å². The van der Waals surface area contributed by atoms with E-state index in [2.05, 4.69) is 0 Å². The van der Waals surface area contributed by atoms with Gasteiger partial charge in [0.2, 0.25) is 0 Å². The van der Waals surface area contributed by atoms with E-state index in [1.54, 1.807) is 18.2 Å². The van der Waals surface area contributed by atoms with Gasteiger partial charge < -0.3 is 15.2 Å². The van der Waals surface area contributed by atoms with Gasteiger partial charge in [0.1, 0.15) is 0 Å². The van der Waals surface area contributed by atoms with Crippen LogP contribution in [0.3, 0.4) is 0 Å². The van der Waals surface area contributed by atoms with Crippen molar-refractivity contribution in [2.75, 3.05) is 7.11 Å². The molecule has 2 N–H and O–H groups in total. The van der Waals surface area contributed by atoms with Crippen LogP contribution in [0.25, 0.3) is 0 Å². The number of nitrogens with two attached hydrogens (primary N) is 1. The summed E-state index contributed by atoms with van der Waals surface area (Å²) in [6, 6.07) is 5.15. The predicted molar refractivity (Wildman–Crippen MR) is 63.4 cm³/mol. The van der Waals surface area contributed by atoms with E-state index >= 15 is 0 Å². The van der Waals surface area contributed by atoms with Crippen LogP contribution in [0.4, 0.5) is 4.39 Å². The quantitative estimate of drug-likeness (QED) is 0.876. The molecule has 0 aromatic heterocycles. The van der Waals surface area contributed by atoms with E-state index in [-0.39, 0.29) is 30.3 Å². The molecule has 1 saturated carbocycles. The Balaban J connectivity index is 1.99. The van der Waals surface area contributed by atoms with Gasteiger partial charge in [-0.2, -0.15) is 0 Å². The average Bonchev–Trinajstić information content (AvgIpc) is 2.74. The number of hydrogen-bond acceptors (Lipinski definition) is 3. The van der Waals surface area contributed by atoms with Crippen molar-refractivity contribution in [2.24, 2.45) is 5.73 Å². The monoisotopic (exact) mass is 239 g/mol. The van der Waals surface area contributed by atoms with E-state index in [4.69, 9.17) is 15.2 Å². The zero-order chi connectivity index (χ0) is 12.3. The molecule has 17 heavy (non-hydrogen) atoms. The minimum Gasteiger partial charge on any atom is -0.494 e. The fraction of sp³-hybridized carbons (Fsp3) is 0.538. The summed E-state index contributed by atoms with van der Waals surface area (Å²) in [5.74, 6) is -0.0941. The predicted octanol–water partition coefficient (Wildman–Crippen LogP) is 2.23. The summed E-state index contributed by atoms with van der Waals surface area (Å²) in [6.45, 7) is 0.251. The molecule has 1 aliphatic carbocycles. The van der Waals surface area contributed by atoms with Crippen LogP contribution in [0.15, 0.2) is 18.2 Å². The number of halogens is 1. The lowest BCUT2D eigenvalue weighted by Crippen LogP contribution is -2.31. The Labute approximate surface area is 101 Å². The third-order valence-electron chi connectivity index (χ3n) is 3.22. The van der Waals surface area contributed by atoms with Gasteiger partial charge in [0.15, 0.2) is 11.6 Å². The highest BCUT2D eigenvalue weighted by atomic mass is 19.1. The van der Waals surface area contributed by atoms with Crippen LogP contribution in [0, 0.1) is 5.82 Å². The lowest BCUT2D eigenvalue weighted by atomic mass is 10.2. The molecule has 0 saturated heterocycles. The molecule has 0 amide bonds. The van der Waals surface area contributed by atoms with Gasteiger partial charge in [0, 0.05) is 11.6 Å². The molecular weight excluding hydrogens is 221 g/mol. The van der Waals surface area contributed by atoms with Crippen LogP contribution in [0.1, 0.15) is 24.8 Å². The number of rotatable bonds is 4. The molecule has 2 rings (SSSR count). The molecule has 1 aromatic rings. The maximum absolute atomic E-state index is 13.8. The largest absolute Gasteiger partial charge is 0.494 e. The fourth-order valence-corrected chi connectivity index (χ4v) is 2.18. The Kier molecular flexibility index (Phi) is 3.97. The highest BCUT2D eigenvalue weighted by Crippen LogP contribution is 2.24. The molecule has 1 fully saturated rings. The summed E-state index contributed by atoms with van der Waals surface area (Å²) in [5, 5.41) is 0. The highest BCUT2D eigenvalue weighted by Gasteiger charge is 2.24. The normalized spacial score (nSPS) is 23.9. The maximum atomic E-state index is 13.8. The third-order valence-corrected chi connectivity index (χ3v) is 3.22. The summed E-state index contributed by atoms with van der Waals surface area (Å²) in [4.78, 5) is 0. The second-order valence-electron chi connectivity index (χ2n) is 4.38. The zero-order valence-electron chi connectivity index (χ0n) is 9.99. The molecule has 1 aliphatic rings. The van der Waals surface area contributed by atoms with Crippen molar-refractivity contribution in [3.05, 3.63) is 29.6 Å². The van der Waals surface area contributed by atoms with Crippen molar-refractivity contribution < 1.29 is 13.9 Å². The summed E-state index contributed by atoms with van der Waals surface area (Å²) in [5.41, 5.74) is 6.41. The minimum absolute atomic E-state index is 0.0561. The SMILES string of the molecule is COc1cccc(COC2CCCC2N)c1F. The third kappa shape index (κ3) is 2.76. The molecule has 0 heterocycles. The van der Waals surface area contributed by atoms with Crippen LogP contribution >= 0.6 is 0 Å². The maximum Gasteiger partial charge on any atom is 0.170 e. The molecule has 3 nitrogen and oxygen atoms in total. The first-order chi connectivity index (χ1) is 8.22. The van der Waals surface area contributed by atoms with E-state index in [9.17, 15) is 4.39 Å². The Bertz CT molecular complexity index is 384. The van der Waals surface area contributed by atoms with Crippen molar-refractivity contribution in [1.29, 1.82) is 0 Å². The molecule has 2 unspecified atom stereocenters. The Hall–Kier alpha value is -1.13. The van der Waals surface area contributed by atoms with Gasteiger partial charge in [-0.15, -0.1) is 0 Å². The lowest BCUT2D eigenvalue weighted by molar-refractivity contribution is 0.0341. The smallest absolute Gasteiger partial charge is 0.170 e. The Morgan fingerprint density at radius 1 is 1.41 bits per heavy atom. The van der Waals surface area contributed by atoms with E-state index in [0.29, 0.717) is 5.56 Å². The molecule has 1 aromatic carbocycles. The second kappa shape index (κ2) is 5.47. The second-order valence-corrected chi connectivity index (χ2v) is 4.38. The molecule has 94 valence electrons. The number of hydrogen-bond donors (Lipinski definition) is 1. The first-order valence-corrected chi connectivity index (χ1v) is 5.91. The number of ether oxygens (including phenoxy) is 2. The molecule has 0 aliphatic heterocycles. The van der Waals surface area contributed by atoms with Crippen molar-refractivity contribution in [3.8, 4) is 5.75 Å². The van der Waals surface area contributed by atoms with Crippen molar-refractivity contribution in [3.63, 3.8) is 0 Å². The molecular formula is C13H18FNO2. The molecule has 0 radical (unpaired) electrons. The van der Waals surface area contributed by atoms with Crippen LogP contribution in [0.5, 0.6) is 5.75 Å². The van der Waals surface area contributed by atoms with E-state index in [1.165, 1.54) is 7.11 Å². The van der Waals surface area contributed by atoms with Crippen LogP contribution in [0.2, 0.25) is 0 Å². The van der Waals surface area contributed by atoms with Crippen LogP contribution < -0.4 is 10.5 Å². The Morgan fingerprint density at radius 3 is 2.88 bits per heavy atom. The number of methoxy groups -OCH3 is 1. The van der Waals surface area contributed by atoms with E-state index in [1.807, 2.05) is 0 Å². The standard InChI is InChI=1S/C13H18FNO2/c1-16-12-7-2-4-9(13(12)14)8-17-11-6-3-5-10(11)15/h2,4,7,10-11H,3,5-6,8,15H2,1H3. The van der Waals surface area contributed by atoms with Gasteiger partial charge in [-0.25, -0.2) is 4.39 Å². The van der Waals surface area contributed by atoms with Crippen LogP contribution in [-0.4, -0.2) is 19.3 Å². The van der Waals surface area contributed by atoms with Gasteiger partial charge in [-0.3, -0.25) is 0 Å². The van der Waals surface area contributed by atoms with E-state index in [0.717, 1.165) is 19.3 Å². The molecule has 4 heteroatoms. The lowest BCUT2D eigenvalue weighted by Gasteiger charge is -2.17. The Morgan fingerprint density at radius 2 is 2.24 bits per heavy atom. The highest BCUT2D eigenvalue weighted by molar-refractivity contribution is 5.30. The van der Waals surface area contributed by atoms with Gasteiger partial charge >= 0.3 is 0 Å². The summed E-state index contributed by atoms with van der Waals surface area (Å²) < 4.78 is 24.4. The first-order valence-electron chi connectivity index (χ1n) is 5.91. The van der Waals surface area contributed by atoms with E-state index < -0.39 is 0 Å². The van der Waals surface area contributed by atoms with Crippen LogP contribution in [-0.2, 0) is 11.3 Å². The summed E-state index contributed by atoms with van der Waals surface area (Å²) in [7, 11) is 1.45. The molecule has 2 atom stereocenters. The zero-order valence-corrected chi connectivity index (χ0v) is 9.99. The first kappa shape index (κ1) is 12.3. The minimum atomic E-state index is -0.346. The average molecular weight is 239 g/mol. The van der Waals surface area contributed by atoms with Crippen molar-refractivity contribution in [2.45, 2.75) is 38.0 Å². The summed E-state index contributed by atoms with van der Waals surface area (Å²) >= 11 is 0. The van der Waals surface area contributed by atoms with Gasteiger partial charge in [0.05, 0.1) is 19.8 Å². The van der Waals surface area contributed by atoms with Gasteiger partial charge in [-0.05, 0) is 25.3 Å². The molecule has 0 spiro atoms. The summed E-state index contributed by atoms with van der Waals surface area (Å²) in [6.07, 6.45) is 3.10. The molecule has 0 bridgehead atoms. The fourth-order valence-electron chi connectivity index (χ4n) is 2.18. The number of benzene rings is 1.